The maximum atomic E-state index is 12.9. The first-order chi connectivity index (χ1) is 11.3. The second-order valence-corrected chi connectivity index (χ2v) is 7.27. The molecule has 128 valence electrons. The molecule has 1 aliphatic rings. The Morgan fingerprint density at radius 1 is 1.25 bits per heavy atom. The summed E-state index contributed by atoms with van der Waals surface area (Å²) in [5.74, 6) is -0.189. The molecule has 1 aromatic heterocycles. The van der Waals surface area contributed by atoms with Gasteiger partial charge in [0, 0.05) is 24.4 Å². The number of carbonyl (C=O) groups excluding carboxylic acids is 2. The number of likely N-dealkylation sites (tertiary alicyclic amines) is 1. The van der Waals surface area contributed by atoms with Gasteiger partial charge in [0.25, 0.3) is 0 Å². The minimum absolute atomic E-state index is 0.0313. The highest BCUT2D eigenvalue weighted by atomic mass is 16.6. The van der Waals surface area contributed by atoms with Gasteiger partial charge >= 0.3 is 6.09 Å². The van der Waals surface area contributed by atoms with Crippen molar-refractivity contribution in [2.45, 2.75) is 39.2 Å². The van der Waals surface area contributed by atoms with Crippen LogP contribution >= 0.6 is 0 Å². The summed E-state index contributed by atoms with van der Waals surface area (Å²) in [5, 5.41) is 0.917. The molecule has 1 aromatic carbocycles. The van der Waals surface area contributed by atoms with Crippen molar-refractivity contribution in [3.05, 3.63) is 36.1 Å². The third-order valence-electron chi connectivity index (χ3n) is 4.19. The van der Waals surface area contributed by atoms with Crippen LogP contribution in [0, 0.1) is 5.92 Å². The predicted octanol–water partition coefficient (Wildman–Crippen LogP) is 4.26. The standard InChI is InChI=1S/C19H23NO4/c1-19(2,3)24-18(22)20-10-5-7-14(12-20)16(21)15-8-4-6-13-9-11-23-17(13)15/h4,6,8-9,11,14H,5,7,10,12H2,1-3H3/t14-/m1/s1. The minimum atomic E-state index is -0.534. The van der Waals surface area contributed by atoms with E-state index in [1.807, 2.05) is 39.0 Å². The lowest BCUT2D eigenvalue weighted by Gasteiger charge is -2.33. The zero-order valence-electron chi connectivity index (χ0n) is 14.4. The van der Waals surface area contributed by atoms with Crippen molar-refractivity contribution >= 4 is 22.8 Å². The molecule has 0 N–H and O–H groups in total. The third kappa shape index (κ3) is 3.45. The number of benzene rings is 1. The third-order valence-corrected chi connectivity index (χ3v) is 4.19. The molecular weight excluding hydrogens is 306 g/mol. The minimum Gasteiger partial charge on any atom is -0.464 e. The summed E-state index contributed by atoms with van der Waals surface area (Å²) in [6.07, 6.45) is 2.81. The molecule has 1 fully saturated rings. The fraction of sp³-hybridized carbons (Fsp3) is 0.474. The summed E-state index contributed by atoms with van der Waals surface area (Å²) < 4.78 is 10.9. The van der Waals surface area contributed by atoms with Crippen LogP contribution in [0.25, 0.3) is 11.0 Å². The Bertz CT molecular complexity index is 756. The van der Waals surface area contributed by atoms with E-state index in [1.54, 1.807) is 17.2 Å². The maximum Gasteiger partial charge on any atom is 0.410 e. The van der Waals surface area contributed by atoms with Crippen LogP contribution in [0.2, 0.25) is 0 Å². The van der Waals surface area contributed by atoms with E-state index in [9.17, 15) is 9.59 Å². The molecule has 1 aliphatic heterocycles. The average Bonchev–Trinajstić information content (AvgIpc) is 3.01. The second kappa shape index (κ2) is 6.30. The highest BCUT2D eigenvalue weighted by Crippen LogP contribution is 2.27. The van der Waals surface area contributed by atoms with E-state index in [-0.39, 0.29) is 17.8 Å². The van der Waals surface area contributed by atoms with Gasteiger partial charge in [-0.2, -0.15) is 0 Å². The number of nitrogens with zero attached hydrogens (tertiary/aromatic N) is 1. The van der Waals surface area contributed by atoms with E-state index in [2.05, 4.69) is 0 Å². The normalized spacial score (nSPS) is 18.6. The molecule has 5 nitrogen and oxygen atoms in total. The Hall–Kier alpha value is -2.30. The van der Waals surface area contributed by atoms with E-state index >= 15 is 0 Å². The number of amides is 1. The van der Waals surface area contributed by atoms with Crippen LogP contribution in [0.4, 0.5) is 4.79 Å². The molecule has 0 saturated carbocycles. The Kier molecular flexibility index (Phi) is 4.35. The van der Waals surface area contributed by atoms with Crippen LogP contribution in [-0.2, 0) is 4.74 Å². The van der Waals surface area contributed by atoms with Gasteiger partial charge in [-0.15, -0.1) is 0 Å². The van der Waals surface area contributed by atoms with Crippen LogP contribution < -0.4 is 0 Å². The number of hydrogen-bond donors (Lipinski definition) is 0. The predicted molar refractivity (Wildman–Crippen MR) is 91.1 cm³/mol. The largest absolute Gasteiger partial charge is 0.464 e. The van der Waals surface area contributed by atoms with Crippen molar-refractivity contribution < 1.29 is 18.7 Å². The number of piperidine rings is 1. The quantitative estimate of drug-likeness (QED) is 0.772. The molecule has 2 heterocycles. The average molecular weight is 329 g/mol. The Labute approximate surface area is 141 Å². The number of furan rings is 1. The molecule has 3 rings (SSSR count). The second-order valence-electron chi connectivity index (χ2n) is 7.27. The summed E-state index contributed by atoms with van der Waals surface area (Å²) in [6, 6.07) is 7.42. The van der Waals surface area contributed by atoms with Gasteiger partial charge in [-0.3, -0.25) is 4.79 Å². The van der Waals surface area contributed by atoms with E-state index < -0.39 is 5.60 Å². The van der Waals surface area contributed by atoms with Gasteiger partial charge in [-0.1, -0.05) is 12.1 Å². The summed E-state index contributed by atoms with van der Waals surface area (Å²) in [4.78, 5) is 26.8. The van der Waals surface area contributed by atoms with Gasteiger partial charge in [-0.05, 0) is 45.7 Å². The molecule has 0 bridgehead atoms. The zero-order chi connectivity index (χ0) is 17.3. The van der Waals surface area contributed by atoms with E-state index in [0.29, 0.717) is 24.2 Å². The van der Waals surface area contributed by atoms with Gasteiger partial charge in [0.1, 0.15) is 11.2 Å². The van der Waals surface area contributed by atoms with Crippen molar-refractivity contribution in [1.29, 1.82) is 0 Å². The van der Waals surface area contributed by atoms with Gasteiger partial charge in [-0.25, -0.2) is 4.79 Å². The van der Waals surface area contributed by atoms with Crippen molar-refractivity contribution in [1.82, 2.24) is 4.90 Å². The Morgan fingerprint density at radius 3 is 2.79 bits per heavy atom. The van der Waals surface area contributed by atoms with Crippen molar-refractivity contribution in [3.63, 3.8) is 0 Å². The SMILES string of the molecule is CC(C)(C)OC(=O)N1CCC[C@@H](C(=O)c2cccc3ccoc23)C1. The summed E-state index contributed by atoms with van der Waals surface area (Å²) >= 11 is 0. The summed E-state index contributed by atoms with van der Waals surface area (Å²) in [7, 11) is 0. The molecule has 0 spiro atoms. The van der Waals surface area contributed by atoms with Crippen LogP contribution in [0.1, 0.15) is 44.0 Å². The fourth-order valence-corrected chi connectivity index (χ4v) is 3.09. The topological polar surface area (TPSA) is 59.8 Å². The first-order valence-electron chi connectivity index (χ1n) is 8.33. The number of rotatable bonds is 2. The van der Waals surface area contributed by atoms with E-state index in [0.717, 1.165) is 18.2 Å². The van der Waals surface area contributed by atoms with Crippen molar-refractivity contribution in [3.8, 4) is 0 Å². The van der Waals surface area contributed by atoms with Gasteiger partial charge < -0.3 is 14.1 Å². The highest BCUT2D eigenvalue weighted by molar-refractivity contribution is 6.07. The van der Waals surface area contributed by atoms with Gasteiger partial charge in [0.15, 0.2) is 5.78 Å². The van der Waals surface area contributed by atoms with E-state index in [1.165, 1.54) is 0 Å². The van der Waals surface area contributed by atoms with Crippen LogP contribution in [-0.4, -0.2) is 35.5 Å². The molecule has 0 aliphatic carbocycles. The molecule has 0 unspecified atom stereocenters. The van der Waals surface area contributed by atoms with Gasteiger partial charge in [0.2, 0.25) is 0 Å². The molecule has 1 saturated heterocycles. The number of hydrogen-bond acceptors (Lipinski definition) is 4. The van der Waals surface area contributed by atoms with Gasteiger partial charge in [0.05, 0.1) is 11.8 Å². The highest BCUT2D eigenvalue weighted by Gasteiger charge is 2.32. The lowest BCUT2D eigenvalue weighted by molar-refractivity contribution is 0.0172. The van der Waals surface area contributed by atoms with Crippen molar-refractivity contribution in [2.24, 2.45) is 5.92 Å². The first kappa shape index (κ1) is 16.6. The lowest BCUT2D eigenvalue weighted by atomic mass is 9.89. The molecule has 0 radical (unpaired) electrons. The number of ketones is 1. The van der Waals surface area contributed by atoms with Crippen LogP contribution in [0.15, 0.2) is 34.9 Å². The molecule has 5 heteroatoms. The molecule has 1 amide bonds. The summed E-state index contributed by atoms with van der Waals surface area (Å²) in [5.41, 5.74) is 0.679. The lowest BCUT2D eigenvalue weighted by Crippen LogP contribution is -2.44. The number of fused-ring (bicyclic) bond motifs is 1. The smallest absolute Gasteiger partial charge is 0.410 e. The fourth-order valence-electron chi connectivity index (χ4n) is 3.09. The number of Topliss-reactive ketones (excluding diaryl/α,β-unsaturated/α-hetero) is 1. The Balaban J connectivity index is 1.76. The Morgan fingerprint density at radius 2 is 2.04 bits per heavy atom. The maximum absolute atomic E-state index is 12.9. The first-order valence-corrected chi connectivity index (χ1v) is 8.33. The zero-order valence-corrected chi connectivity index (χ0v) is 14.4. The number of para-hydroxylation sites is 1. The van der Waals surface area contributed by atoms with Crippen molar-refractivity contribution in [2.75, 3.05) is 13.1 Å². The van der Waals surface area contributed by atoms with E-state index in [4.69, 9.17) is 9.15 Å². The number of carbonyl (C=O) groups is 2. The monoisotopic (exact) mass is 329 g/mol. The number of ether oxygens (including phenoxy) is 1. The molecule has 24 heavy (non-hydrogen) atoms. The molecule has 1 atom stereocenters. The van der Waals surface area contributed by atoms with Crippen LogP contribution in [0.5, 0.6) is 0 Å². The molecular formula is C19H23NO4. The molecule has 2 aromatic rings. The summed E-state index contributed by atoms with van der Waals surface area (Å²) in [6.45, 7) is 6.55. The van der Waals surface area contributed by atoms with Crippen LogP contribution in [0.3, 0.4) is 0 Å².